The number of allylic oxidation sites excluding steroid dienone is 3. The molecule has 0 saturated carbocycles. The molecule has 2 aromatic carbocycles. The molecule has 2 aromatic heterocycles. The minimum Gasteiger partial charge on any atom is -0.481 e. The maximum absolute atomic E-state index is 14.6. The number of Topliss-reactive ketones (excluding diaryl/α,β-unsaturated/α-hetero) is 1. The summed E-state index contributed by atoms with van der Waals surface area (Å²) in [7, 11) is 4.11. The number of halogens is 2. The van der Waals surface area contributed by atoms with Gasteiger partial charge in [-0.05, 0) is 79.3 Å². The van der Waals surface area contributed by atoms with Crippen molar-refractivity contribution in [2.24, 2.45) is 0 Å². The van der Waals surface area contributed by atoms with Crippen molar-refractivity contribution in [2.45, 2.75) is 199 Å². The number of nitriles is 2. The van der Waals surface area contributed by atoms with E-state index in [4.69, 9.17) is 4.74 Å². The van der Waals surface area contributed by atoms with Gasteiger partial charge in [0.05, 0.1) is 9.75 Å². The number of hydrogen-bond donors (Lipinski definition) is 0. The van der Waals surface area contributed by atoms with E-state index >= 15 is 0 Å². The minimum absolute atomic E-state index is 0.0330. The van der Waals surface area contributed by atoms with Crippen LogP contribution in [0.3, 0.4) is 0 Å². The lowest BCUT2D eigenvalue weighted by Gasteiger charge is -2.38. The van der Waals surface area contributed by atoms with E-state index in [9.17, 15) is 24.1 Å². The zero-order valence-electron chi connectivity index (χ0n) is 42.2. The number of hydrogen-bond acceptors (Lipinski definition) is 7. The fourth-order valence-electron chi connectivity index (χ4n) is 10.3. The SMILES string of the molecule is CCCCCCCCCCCCCCCC1(CCCCCCCCCCCCCCC)Oc2cc(/C=C3\C(=O)c4cc(F)c(F)cc4C3=C(C#N)C#N)sc2-c2sc(-c3ccc(N(C)C)cc3)cc21. The average molecular weight is 974 g/mol. The van der Waals surface area contributed by atoms with Crippen LogP contribution in [0.25, 0.3) is 31.8 Å². The van der Waals surface area contributed by atoms with Gasteiger partial charge in [0, 0.05) is 51.8 Å². The van der Waals surface area contributed by atoms with Crippen LogP contribution in [0, 0.1) is 34.3 Å². The molecule has 0 saturated heterocycles. The van der Waals surface area contributed by atoms with Crippen LogP contribution in [0.5, 0.6) is 5.75 Å². The fourth-order valence-corrected chi connectivity index (χ4v) is 12.7. The van der Waals surface area contributed by atoms with Gasteiger partial charge < -0.3 is 9.64 Å². The molecular weight excluding hydrogens is 897 g/mol. The molecule has 69 heavy (non-hydrogen) atoms. The molecule has 0 atom stereocenters. The molecule has 1 aliphatic carbocycles. The van der Waals surface area contributed by atoms with Gasteiger partial charge in [0.2, 0.25) is 0 Å². The second-order valence-electron chi connectivity index (χ2n) is 19.9. The number of rotatable bonds is 31. The molecular formula is C60H77F2N3O2S2. The first-order valence-corrected chi connectivity index (χ1v) is 28.3. The van der Waals surface area contributed by atoms with Gasteiger partial charge in [-0.1, -0.05) is 180 Å². The van der Waals surface area contributed by atoms with Crippen LogP contribution in [0.2, 0.25) is 0 Å². The Balaban J connectivity index is 1.25. The van der Waals surface area contributed by atoms with Gasteiger partial charge in [-0.25, -0.2) is 8.78 Å². The maximum atomic E-state index is 14.6. The molecule has 0 spiro atoms. The third kappa shape index (κ3) is 14.5. The van der Waals surface area contributed by atoms with E-state index in [2.05, 4.69) is 63.2 Å². The molecule has 5 nitrogen and oxygen atoms in total. The van der Waals surface area contributed by atoms with Crippen molar-refractivity contribution >= 4 is 45.8 Å². The van der Waals surface area contributed by atoms with Crippen LogP contribution in [0.1, 0.15) is 220 Å². The molecule has 6 rings (SSSR count). The van der Waals surface area contributed by atoms with Crippen molar-refractivity contribution in [1.82, 2.24) is 0 Å². The highest BCUT2D eigenvalue weighted by Crippen LogP contribution is 2.57. The van der Waals surface area contributed by atoms with E-state index in [-0.39, 0.29) is 27.8 Å². The van der Waals surface area contributed by atoms with Crippen LogP contribution in [0.15, 0.2) is 59.7 Å². The Morgan fingerprint density at radius 3 is 1.55 bits per heavy atom. The van der Waals surface area contributed by atoms with Gasteiger partial charge in [-0.15, -0.1) is 22.7 Å². The van der Waals surface area contributed by atoms with Crippen LogP contribution in [0.4, 0.5) is 14.5 Å². The second kappa shape index (κ2) is 27.7. The Hall–Kier alpha value is -4.57. The number of nitrogens with zero attached hydrogens (tertiary/aromatic N) is 3. The van der Waals surface area contributed by atoms with E-state index in [1.54, 1.807) is 17.4 Å². The lowest BCUT2D eigenvalue weighted by atomic mass is 9.81. The van der Waals surface area contributed by atoms with Crippen molar-refractivity contribution in [2.75, 3.05) is 19.0 Å². The van der Waals surface area contributed by atoms with Crippen molar-refractivity contribution in [3.63, 3.8) is 0 Å². The molecule has 0 bridgehead atoms. The number of anilines is 1. The largest absolute Gasteiger partial charge is 0.481 e. The quantitative estimate of drug-likeness (QED) is 0.0285. The lowest BCUT2D eigenvalue weighted by molar-refractivity contribution is 0.0397. The van der Waals surface area contributed by atoms with Gasteiger partial charge in [0.15, 0.2) is 17.4 Å². The molecule has 0 unspecified atom stereocenters. The number of fused-ring (bicyclic) bond motifs is 4. The number of thiophene rings is 2. The van der Waals surface area contributed by atoms with Crippen LogP contribution in [-0.2, 0) is 5.60 Å². The number of ketones is 1. The zero-order chi connectivity index (χ0) is 49.0. The summed E-state index contributed by atoms with van der Waals surface area (Å²) in [6, 6.07) is 18.7. The predicted molar refractivity (Wildman–Crippen MR) is 287 cm³/mol. The zero-order valence-corrected chi connectivity index (χ0v) is 43.9. The van der Waals surface area contributed by atoms with Gasteiger partial charge >= 0.3 is 0 Å². The Morgan fingerprint density at radius 2 is 1.09 bits per heavy atom. The summed E-state index contributed by atoms with van der Waals surface area (Å²) in [5.74, 6) is -2.07. The van der Waals surface area contributed by atoms with Crippen LogP contribution >= 0.6 is 22.7 Å². The standard InChI is InChI=1S/C60H77F2N3O2S2/c1-5-7-9-11-13-15-17-19-21-23-25-27-29-35-60(36-30-28-26-24-22-20-18-16-14-12-10-8-6-2)51-41-55(44-31-33-46(34-32-44)65(3)4)69-58(51)59-54(67-60)38-47(68-59)37-50-56(45(42-63)43-64)48-39-52(61)53(62)40-49(48)57(50)66/h31-34,37-41H,5-30,35-36H2,1-4H3/b50-37-. The highest BCUT2D eigenvalue weighted by atomic mass is 32.1. The van der Waals surface area contributed by atoms with Crippen molar-refractivity contribution in [3.8, 4) is 38.1 Å². The third-order valence-electron chi connectivity index (χ3n) is 14.3. The number of benzene rings is 2. The van der Waals surface area contributed by atoms with E-state index < -0.39 is 23.0 Å². The molecule has 0 amide bonds. The first-order valence-electron chi connectivity index (χ1n) is 26.7. The summed E-state index contributed by atoms with van der Waals surface area (Å²) in [6.45, 7) is 4.55. The summed E-state index contributed by atoms with van der Waals surface area (Å²) in [6.07, 6.45) is 37.1. The molecule has 3 heterocycles. The summed E-state index contributed by atoms with van der Waals surface area (Å²) in [5, 5.41) is 19.9. The van der Waals surface area contributed by atoms with Crippen molar-refractivity contribution in [3.05, 3.63) is 92.9 Å². The first-order chi connectivity index (χ1) is 33.6. The summed E-state index contributed by atoms with van der Waals surface area (Å²) < 4.78 is 36.6. The number of ether oxygens (including phenoxy) is 1. The Bertz CT molecular complexity index is 2380. The van der Waals surface area contributed by atoms with Crippen molar-refractivity contribution < 1.29 is 18.3 Å². The third-order valence-corrected chi connectivity index (χ3v) is 16.7. The Kier molecular flexibility index (Phi) is 21.6. The van der Waals surface area contributed by atoms with E-state index in [1.165, 1.54) is 168 Å². The molecule has 1 aliphatic heterocycles. The topological polar surface area (TPSA) is 77.1 Å². The average Bonchev–Trinajstić information content (AvgIpc) is 4.05. The molecule has 2 aliphatic rings. The van der Waals surface area contributed by atoms with E-state index in [1.807, 2.05) is 18.2 Å². The fraction of sp³-hybridized carbons (Fsp3) is 0.550. The summed E-state index contributed by atoms with van der Waals surface area (Å²) in [4.78, 5) is 20.1. The van der Waals surface area contributed by atoms with Gasteiger partial charge in [0.25, 0.3) is 0 Å². The summed E-state index contributed by atoms with van der Waals surface area (Å²) in [5.41, 5.74) is 2.78. The maximum Gasteiger partial charge on any atom is 0.194 e. The molecule has 4 aromatic rings. The Labute approximate surface area is 421 Å². The predicted octanol–water partition coefficient (Wildman–Crippen LogP) is 19.1. The van der Waals surface area contributed by atoms with Gasteiger partial charge in [-0.3, -0.25) is 4.79 Å². The molecule has 370 valence electrons. The van der Waals surface area contributed by atoms with Crippen LogP contribution < -0.4 is 9.64 Å². The highest BCUT2D eigenvalue weighted by molar-refractivity contribution is 7.24. The molecule has 0 N–H and O–H groups in total. The van der Waals surface area contributed by atoms with E-state index in [0.717, 1.165) is 72.5 Å². The molecule has 0 fully saturated rings. The van der Waals surface area contributed by atoms with E-state index in [0.29, 0.717) is 4.88 Å². The molecule has 9 heteroatoms. The first kappa shape index (κ1) is 53.8. The lowest BCUT2D eigenvalue weighted by Crippen LogP contribution is -2.35. The monoisotopic (exact) mass is 974 g/mol. The number of carbonyl (C=O) groups is 1. The summed E-state index contributed by atoms with van der Waals surface area (Å²) >= 11 is 3.29. The molecule has 0 radical (unpaired) electrons. The number of unbranched alkanes of at least 4 members (excludes halogenated alkanes) is 24. The van der Waals surface area contributed by atoms with Gasteiger partial charge in [0.1, 0.15) is 29.1 Å². The Morgan fingerprint density at radius 1 is 0.623 bits per heavy atom. The van der Waals surface area contributed by atoms with Crippen molar-refractivity contribution in [1.29, 1.82) is 10.5 Å². The smallest absolute Gasteiger partial charge is 0.194 e. The van der Waals surface area contributed by atoms with Crippen LogP contribution in [-0.4, -0.2) is 19.9 Å². The second-order valence-corrected chi connectivity index (χ2v) is 22.0. The van der Waals surface area contributed by atoms with Gasteiger partial charge in [-0.2, -0.15) is 10.5 Å². The number of carbonyl (C=O) groups excluding carboxylic acids is 1. The normalized spacial score (nSPS) is 14.1. The highest BCUT2D eigenvalue weighted by Gasteiger charge is 2.43. The minimum atomic E-state index is -1.15.